The zero-order valence-corrected chi connectivity index (χ0v) is 18.7. The van der Waals surface area contributed by atoms with Crippen molar-refractivity contribution in [2.45, 2.75) is 77.7 Å². The molecule has 2 aromatic rings. The Bertz CT molecular complexity index is 962. The fraction of sp³-hybridized carbons (Fsp3) is 0.462. The van der Waals surface area contributed by atoms with Gasteiger partial charge in [0.25, 0.3) is 5.56 Å². The van der Waals surface area contributed by atoms with E-state index in [-0.39, 0.29) is 22.9 Å². The monoisotopic (exact) mass is 406 g/mol. The quantitative estimate of drug-likeness (QED) is 0.627. The standard InChI is InChI=1S/C26H34N2O2/c1-5-6-7-8-19-11-15-23(28-25(19)30)22(17-21-14-16-24(29)27-21)18-9-12-20(13-10-18)26(2,3)4/h9-13,15,17,21H,5-8,14,16H2,1-4H3,(H,27,29)(H,28,30)/t21-/m1/s1. The minimum atomic E-state index is -0.0173. The largest absolute Gasteiger partial charge is 0.350 e. The SMILES string of the molecule is CCCCCc1ccc(C(=C[C@H]2CCC(=O)N2)c2ccc(C(C)(C)C)cc2)[nH]c1=O. The Hall–Kier alpha value is -2.62. The lowest BCUT2D eigenvalue weighted by Crippen LogP contribution is -2.24. The number of aromatic amines is 1. The molecule has 30 heavy (non-hydrogen) atoms. The Kier molecular flexibility index (Phi) is 6.96. The van der Waals surface area contributed by atoms with E-state index in [2.05, 4.69) is 68.3 Å². The van der Waals surface area contributed by atoms with Crippen LogP contribution in [0.4, 0.5) is 0 Å². The van der Waals surface area contributed by atoms with Crippen LogP contribution in [0.1, 0.15) is 82.2 Å². The minimum Gasteiger partial charge on any atom is -0.350 e. The van der Waals surface area contributed by atoms with E-state index < -0.39 is 0 Å². The molecule has 0 saturated carbocycles. The van der Waals surface area contributed by atoms with Crippen molar-refractivity contribution in [3.05, 3.63) is 75.2 Å². The third-order valence-corrected chi connectivity index (χ3v) is 5.79. The van der Waals surface area contributed by atoms with Gasteiger partial charge in [0.1, 0.15) is 0 Å². The molecule has 4 heteroatoms. The van der Waals surface area contributed by atoms with Gasteiger partial charge in [0.05, 0.1) is 0 Å². The van der Waals surface area contributed by atoms with Gasteiger partial charge in [-0.05, 0) is 41.9 Å². The molecule has 0 spiro atoms. The number of amides is 1. The molecule has 1 aromatic carbocycles. The summed E-state index contributed by atoms with van der Waals surface area (Å²) in [6.07, 6.45) is 7.52. The molecule has 2 heterocycles. The highest BCUT2D eigenvalue weighted by molar-refractivity contribution is 5.82. The fourth-order valence-electron chi connectivity index (χ4n) is 3.88. The average Bonchev–Trinajstić information content (AvgIpc) is 3.12. The molecule has 3 rings (SSSR count). The predicted molar refractivity (Wildman–Crippen MR) is 124 cm³/mol. The third-order valence-electron chi connectivity index (χ3n) is 5.79. The van der Waals surface area contributed by atoms with Crippen LogP contribution >= 0.6 is 0 Å². The normalized spacial score (nSPS) is 17.3. The molecule has 0 unspecified atom stereocenters. The third kappa shape index (κ3) is 5.50. The Morgan fingerprint density at radius 3 is 2.37 bits per heavy atom. The highest BCUT2D eigenvalue weighted by atomic mass is 16.2. The Morgan fingerprint density at radius 2 is 1.80 bits per heavy atom. The van der Waals surface area contributed by atoms with Crippen molar-refractivity contribution in [3.63, 3.8) is 0 Å². The first-order valence-corrected chi connectivity index (χ1v) is 11.1. The van der Waals surface area contributed by atoms with E-state index in [1.165, 1.54) is 5.56 Å². The Balaban J connectivity index is 1.96. The van der Waals surface area contributed by atoms with E-state index in [1.807, 2.05) is 12.1 Å². The van der Waals surface area contributed by atoms with Crippen LogP contribution in [0.5, 0.6) is 0 Å². The summed E-state index contributed by atoms with van der Waals surface area (Å²) in [5.74, 6) is 0.0819. The first-order valence-electron chi connectivity index (χ1n) is 11.1. The zero-order chi connectivity index (χ0) is 21.7. The molecule has 1 saturated heterocycles. The van der Waals surface area contributed by atoms with Gasteiger partial charge in [0.15, 0.2) is 0 Å². The molecule has 4 nitrogen and oxygen atoms in total. The van der Waals surface area contributed by atoms with Gasteiger partial charge in [-0.3, -0.25) is 9.59 Å². The van der Waals surface area contributed by atoms with E-state index in [1.54, 1.807) is 0 Å². The molecule has 0 radical (unpaired) electrons. The van der Waals surface area contributed by atoms with Gasteiger partial charge in [0, 0.05) is 29.3 Å². The van der Waals surface area contributed by atoms with Crippen molar-refractivity contribution in [1.29, 1.82) is 0 Å². The number of hydrogen-bond acceptors (Lipinski definition) is 2. The van der Waals surface area contributed by atoms with E-state index >= 15 is 0 Å². The Labute approximate surface area is 179 Å². The molecule has 1 fully saturated rings. The summed E-state index contributed by atoms with van der Waals surface area (Å²) in [6.45, 7) is 8.75. The van der Waals surface area contributed by atoms with Gasteiger partial charge in [-0.25, -0.2) is 0 Å². The van der Waals surface area contributed by atoms with E-state index in [9.17, 15) is 9.59 Å². The number of pyridine rings is 1. The van der Waals surface area contributed by atoms with Crippen molar-refractivity contribution in [2.24, 2.45) is 0 Å². The van der Waals surface area contributed by atoms with Gasteiger partial charge in [0.2, 0.25) is 5.91 Å². The highest BCUT2D eigenvalue weighted by Crippen LogP contribution is 2.28. The maximum absolute atomic E-state index is 12.7. The van der Waals surface area contributed by atoms with Crippen LogP contribution in [-0.2, 0) is 16.6 Å². The molecule has 1 aromatic heterocycles. The van der Waals surface area contributed by atoms with Crippen molar-refractivity contribution < 1.29 is 4.79 Å². The van der Waals surface area contributed by atoms with Crippen molar-refractivity contribution in [3.8, 4) is 0 Å². The first kappa shape index (κ1) is 22.1. The smallest absolute Gasteiger partial charge is 0.251 e. The molecule has 0 bridgehead atoms. The van der Waals surface area contributed by atoms with Crippen LogP contribution in [0.15, 0.2) is 47.3 Å². The van der Waals surface area contributed by atoms with Crippen LogP contribution < -0.4 is 10.9 Å². The fourth-order valence-corrected chi connectivity index (χ4v) is 3.88. The number of rotatable bonds is 7. The van der Waals surface area contributed by atoms with Crippen LogP contribution in [-0.4, -0.2) is 16.9 Å². The molecule has 1 amide bonds. The van der Waals surface area contributed by atoms with Gasteiger partial charge in [-0.2, -0.15) is 0 Å². The zero-order valence-electron chi connectivity index (χ0n) is 18.7. The molecule has 1 aliphatic heterocycles. The Morgan fingerprint density at radius 1 is 1.07 bits per heavy atom. The topological polar surface area (TPSA) is 62.0 Å². The van der Waals surface area contributed by atoms with E-state index in [0.717, 1.165) is 54.5 Å². The summed E-state index contributed by atoms with van der Waals surface area (Å²) >= 11 is 0. The molecule has 1 aliphatic rings. The second-order valence-electron chi connectivity index (χ2n) is 9.30. The van der Waals surface area contributed by atoms with Crippen LogP contribution in [0.3, 0.4) is 0 Å². The lowest BCUT2D eigenvalue weighted by atomic mass is 9.86. The number of H-pyrrole nitrogens is 1. The maximum atomic E-state index is 12.7. The van der Waals surface area contributed by atoms with Crippen molar-refractivity contribution in [2.75, 3.05) is 0 Å². The number of nitrogens with one attached hydrogen (secondary N) is 2. The number of aryl methyl sites for hydroxylation is 1. The molecular weight excluding hydrogens is 372 g/mol. The van der Waals surface area contributed by atoms with Gasteiger partial charge in [-0.15, -0.1) is 0 Å². The highest BCUT2D eigenvalue weighted by Gasteiger charge is 2.21. The summed E-state index contributed by atoms with van der Waals surface area (Å²) in [4.78, 5) is 27.5. The number of unbranched alkanes of at least 4 members (excludes halogenated alkanes) is 2. The predicted octanol–water partition coefficient (Wildman–Crippen LogP) is 5.12. The summed E-state index contributed by atoms with van der Waals surface area (Å²) in [6, 6.07) is 12.5. The van der Waals surface area contributed by atoms with E-state index in [4.69, 9.17) is 0 Å². The summed E-state index contributed by atoms with van der Waals surface area (Å²) in [5.41, 5.74) is 4.96. The number of carbonyl (C=O) groups is 1. The number of hydrogen-bond donors (Lipinski definition) is 2. The lowest BCUT2D eigenvalue weighted by Gasteiger charge is -2.20. The second kappa shape index (κ2) is 9.46. The molecule has 2 N–H and O–H groups in total. The lowest BCUT2D eigenvalue weighted by molar-refractivity contribution is -0.119. The number of benzene rings is 1. The van der Waals surface area contributed by atoms with Gasteiger partial charge >= 0.3 is 0 Å². The molecule has 160 valence electrons. The van der Waals surface area contributed by atoms with Crippen LogP contribution in [0.25, 0.3) is 5.57 Å². The first-order chi connectivity index (χ1) is 14.3. The van der Waals surface area contributed by atoms with Crippen molar-refractivity contribution >= 4 is 11.5 Å². The van der Waals surface area contributed by atoms with Crippen molar-refractivity contribution in [1.82, 2.24) is 10.3 Å². The summed E-state index contributed by atoms with van der Waals surface area (Å²) < 4.78 is 0. The summed E-state index contributed by atoms with van der Waals surface area (Å²) in [5, 5.41) is 3.01. The number of carbonyl (C=O) groups excluding carboxylic acids is 1. The second-order valence-corrected chi connectivity index (χ2v) is 9.30. The maximum Gasteiger partial charge on any atom is 0.251 e. The van der Waals surface area contributed by atoms with Crippen LogP contribution in [0, 0.1) is 0 Å². The molecular formula is C26H34N2O2. The van der Waals surface area contributed by atoms with Gasteiger partial charge in [-0.1, -0.05) is 76.9 Å². The summed E-state index contributed by atoms with van der Waals surface area (Å²) in [7, 11) is 0. The molecule has 1 atom stereocenters. The van der Waals surface area contributed by atoms with E-state index in [0.29, 0.717) is 6.42 Å². The van der Waals surface area contributed by atoms with Gasteiger partial charge < -0.3 is 10.3 Å². The molecule has 0 aliphatic carbocycles. The minimum absolute atomic E-state index is 0.0116. The average molecular weight is 407 g/mol. The number of aromatic nitrogens is 1. The van der Waals surface area contributed by atoms with Crippen LogP contribution in [0.2, 0.25) is 0 Å².